The van der Waals surface area contributed by atoms with E-state index in [-0.39, 0.29) is 0 Å². The van der Waals surface area contributed by atoms with Crippen molar-refractivity contribution in [3.05, 3.63) is 23.8 Å². The second-order valence-corrected chi connectivity index (χ2v) is 7.13. The van der Waals surface area contributed by atoms with Crippen LogP contribution in [0.15, 0.2) is 23.2 Å². The molecule has 2 heterocycles. The number of nitrogens with one attached hydrogen (secondary N) is 1. The van der Waals surface area contributed by atoms with Crippen molar-refractivity contribution in [1.82, 2.24) is 20.0 Å². The van der Waals surface area contributed by atoms with Crippen LogP contribution in [-0.4, -0.2) is 87.4 Å². The average molecular weight is 361 g/mol. The minimum atomic E-state index is 0.308. The van der Waals surface area contributed by atoms with Crippen molar-refractivity contribution in [2.75, 3.05) is 60.7 Å². The Kier molecular flexibility index (Phi) is 6.21. The van der Waals surface area contributed by atoms with Crippen molar-refractivity contribution in [3.63, 3.8) is 0 Å². The normalized spacial score (nSPS) is 21.1. The summed E-state index contributed by atoms with van der Waals surface area (Å²) in [5, 5.41) is 3.41. The molecule has 1 saturated heterocycles. The maximum atomic E-state index is 5.48. The van der Waals surface area contributed by atoms with Crippen LogP contribution in [0.3, 0.4) is 0 Å². The van der Waals surface area contributed by atoms with E-state index in [2.05, 4.69) is 54.1 Å². The first-order chi connectivity index (χ1) is 12.6. The Morgan fingerprint density at radius 1 is 1.27 bits per heavy atom. The fourth-order valence-corrected chi connectivity index (χ4v) is 3.35. The summed E-state index contributed by atoms with van der Waals surface area (Å²) in [6, 6.07) is 6.56. The molecule has 3 rings (SSSR count). The van der Waals surface area contributed by atoms with Gasteiger partial charge in [-0.15, -0.1) is 0 Å². The van der Waals surface area contributed by atoms with Crippen LogP contribution in [0, 0.1) is 0 Å². The van der Waals surface area contributed by atoms with Gasteiger partial charge in [0.1, 0.15) is 0 Å². The standard InChI is InChI=1S/C19H31N5O2/c1-5-20-19(21-11-16-13-22(2)8-9-23(16)3)24(4)12-15-6-7-17-18(10-15)26-14-25-17/h6-7,10,16H,5,8-9,11-14H2,1-4H3,(H,20,21). The number of guanidine groups is 1. The van der Waals surface area contributed by atoms with Crippen LogP contribution in [0.1, 0.15) is 12.5 Å². The lowest BCUT2D eigenvalue weighted by Crippen LogP contribution is -2.51. The molecule has 0 radical (unpaired) electrons. The Labute approximate surface area is 156 Å². The molecular weight excluding hydrogens is 330 g/mol. The molecule has 0 amide bonds. The maximum absolute atomic E-state index is 5.48. The van der Waals surface area contributed by atoms with E-state index < -0.39 is 0 Å². The minimum Gasteiger partial charge on any atom is -0.454 e. The maximum Gasteiger partial charge on any atom is 0.231 e. The van der Waals surface area contributed by atoms with Gasteiger partial charge in [-0.05, 0) is 38.7 Å². The molecule has 1 aromatic rings. The van der Waals surface area contributed by atoms with E-state index in [1.807, 2.05) is 12.1 Å². The molecule has 0 bridgehead atoms. The summed E-state index contributed by atoms with van der Waals surface area (Å²) >= 11 is 0. The minimum absolute atomic E-state index is 0.308. The predicted octanol–water partition coefficient (Wildman–Crippen LogP) is 1.06. The summed E-state index contributed by atoms with van der Waals surface area (Å²) in [6.07, 6.45) is 0. The Hall–Kier alpha value is -1.99. The number of nitrogens with zero attached hydrogens (tertiary/aromatic N) is 4. The SMILES string of the molecule is CCNC(=NCC1CN(C)CCN1C)N(C)Cc1ccc2c(c1)OCO2. The summed E-state index contributed by atoms with van der Waals surface area (Å²) in [7, 11) is 6.44. The Balaban J connectivity index is 1.64. The Bertz CT molecular complexity index is 636. The molecule has 144 valence electrons. The second kappa shape index (κ2) is 8.60. The molecular formula is C19H31N5O2. The topological polar surface area (TPSA) is 52.6 Å². The highest BCUT2D eigenvalue weighted by atomic mass is 16.7. The molecule has 1 aromatic carbocycles. The summed E-state index contributed by atoms with van der Waals surface area (Å²) in [5.41, 5.74) is 1.18. The van der Waals surface area contributed by atoms with E-state index in [0.717, 1.165) is 56.7 Å². The lowest BCUT2D eigenvalue weighted by molar-refractivity contribution is 0.119. The number of ether oxygens (including phenoxy) is 2. The van der Waals surface area contributed by atoms with E-state index in [9.17, 15) is 0 Å². The molecule has 0 spiro atoms. The number of hydrogen-bond acceptors (Lipinski definition) is 5. The number of rotatable bonds is 5. The fraction of sp³-hybridized carbons (Fsp3) is 0.632. The van der Waals surface area contributed by atoms with Crippen LogP contribution in [-0.2, 0) is 6.54 Å². The van der Waals surface area contributed by atoms with Crippen LogP contribution in [0.5, 0.6) is 11.5 Å². The van der Waals surface area contributed by atoms with Gasteiger partial charge in [-0.3, -0.25) is 9.89 Å². The Morgan fingerprint density at radius 3 is 2.88 bits per heavy atom. The first kappa shape index (κ1) is 18.8. The third kappa shape index (κ3) is 4.59. The van der Waals surface area contributed by atoms with E-state index in [1.165, 1.54) is 5.56 Å². The van der Waals surface area contributed by atoms with Crippen molar-refractivity contribution < 1.29 is 9.47 Å². The molecule has 0 saturated carbocycles. The van der Waals surface area contributed by atoms with Crippen molar-refractivity contribution in [3.8, 4) is 11.5 Å². The molecule has 1 unspecified atom stereocenters. The molecule has 26 heavy (non-hydrogen) atoms. The smallest absolute Gasteiger partial charge is 0.231 e. The monoisotopic (exact) mass is 361 g/mol. The Morgan fingerprint density at radius 2 is 2.08 bits per heavy atom. The number of benzene rings is 1. The van der Waals surface area contributed by atoms with Gasteiger partial charge in [-0.1, -0.05) is 6.07 Å². The quantitative estimate of drug-likeness (QED) is 0.625. The predicted molar refractivity (Wildman–Crippen MR) is 104 cm³/mol. The van der Waals surface area contributed by atoms with Gasteiger partial charge in [-0.25, -0.2) is 0 Å². The highest BCUT2D eigenvalue weighted by Gasteiger charge is 2.22. The lowest BCUT2D eigenvalue weighted by atomic mass is 10.2. The van der Waals surface area contributed by atoms with Crippen molar-refractivity contribution in [2.24, 2.45) is 4.99 Å². The molecule has 2 aliphatic rings. The van der Waals surface area contributed by atoms with E-state index in [1.54, 1.807) is 0 Å². The lowest BCUT2D eigenvalue weighted by Gasteiger charge is -2.37. The number of likely N-dealkylation sites (N-methyl/N-ethyl adjacent to an activating group) is 2. The number of piperazine rings is 1. The van der Waals surface area contributed by atoms with Gasteiger partial charge in [0, 0.05) is 45.8 Å². The highest BCUT2D eigenvalue weighted by molar-refractivity contribution is 5.79. The first-order valence-corrected chi connectivity index (χ1v) is 9.33. The first-order valence-electron chi connectivity index (χ1n) is 9.33. The molecule has 1 fully saturated rings. The third-order valence-electron chi connectivity index (χ3n) is 4.99. The van der Waals surface area contributed by atoms with Gasteiger partial charge in [0.25, 0.3) is 0 Å². The second-order valence-electron chi connectivity index (χ2n) is 7.13. The van der Waals surface area contributed by atoms with Crippen molar-refractivity contribution in [1.29, 1.82) is 0 Å². The van der Waals surface area contributed by atoms with E-state index in [0.29, 0.717) is 12.8 Å². The van der Waals surface area contributed by atoms with Crippen LogP contribution < -0.4 is 14.8 Å². The zero-order valence-electron chi connectivity index (χ0n) is 16.4. The molecule has 0 aliphatic carbocycles. The summed E-state index contributed by atoms with van der Waals surface area (Å²) < 4.78 is 10.9. The molecule has 7 nitrogen and oxygen atoms in total. The molecule has 0 aromatic heterocycles. The molecule has 1 atom stereocenters. The van der Waals surface area contributed by atoms with Crippen LogP contribution >= 0.6 is 0 Å². The summed E-state index contributed by atoms with van der Waals surface area (Å²) in [4.78, 5) is 11.8. The number of fused-ring (bicyclic) bond motifs is 1. The van der Waals surface area contributed by atoms with Crippen LogP contribution in [0.25, 0.3) is 0 Å². The van der Waals surface area contributed by atoms with E-state index >= 15 is 0 Å². The average Bonchev–Trinajstić information content (AvgIpc) is 3.09. The van der Waals surface area contributed by atoms with Gasteiger partial charge in [0.15, 0.2) is 17.5 Å². The van der Waals surface area contributed by atoms with Gasteiger partial charge in [-0.2, -0.15) is 0 Å². The zero-order chi connectivity index (χ0) is 18.5. The molecule has 1 N–H and O–H groups in total. The zero-order valence-corrected chi connectivity index (χ0v) is 16.4. The summed E-state index contributed by atoms with van der Waals surface area (Å²) in [6.45, 7) is 8.11. The van der Waals surface area contributed by atoms with Gasteiger partial charge in [0.2, 0.25) is 6.79 Å². The third-order valence-corrected chi connectivity index (χ3v) is 4.99. The van der Waals surface area contributed by atoms with Gasteiger partial charge < -0.3 is 24.6 Å². The highest BCUT2D eigenvalue weighted by Crippen LogP contribution is 2.32. The molecule has 2 aliphatic heterocycles. The van der Waals surface area contributed by atoms with E-state index in [4.69, 9.17) is 14.5 Å². The van der Waals surface area contributed by atoms with Crippen molar-refractivity contribution >= 4 is 5.96 Å². The van der Waals surface area contributed by atoms with Gasteiger partial charge in [0.05, 0.1) is 6.54 Å². The number of aliphatic imine (C=N–C) groups is 1. The summed E-state index contributed by atoms with van der Waals surface area (Å²) in [5.74, 6) is 2.58. The van der Waals surface area contributed by atoms with Gasteiger partial charge >= 0.3 is 0 Å². The largest absolute Gasteiger partial charge is 0.454 e. The van der Waals surface area contributed by atoms with Crippen molar-refractivity contribution in [2.45, 2.75) is 19.5 Å². The number of hydrogen-bond donors (Lipinski definition) is 1. The van der Waals surface area contributed by atoms with Crippen LogP contribution in [0.4, 0.5) is 0 Å². The van der Waals surface area contributed by atoms with Crippen LogP contribution in [0.2, 0.25) is 0 Å². The molecule has 7 heteroatoms. The fourth-order valence-electron chi connectivity index (χ4n) is 3.35.